The minimum absolute atomic E-state index is 0.151. The lowest BCUT2D eigenvalue weighted by atomic mass is 10.0. The van der Waals surface area contributed by atoms with Gasteiger partial charge in [-0.05, 0) is 37.1 Å². The van der Waals surface area contributed by atoms with Gasteiger partial charge in [-0.15, -0.1) is 0 Å². The summed E-state index contributed by atoms with van der Waals surface area (Å²) in [6.07, 6.45) is 9.43. The van der Waals surface area contributed by atoms with Crippen LogP contribution < -0.4 is 0 Å². The number of likely N-dealkylation sites (tertiary alicyclic amines) is 1. The van der Waals surface area contributed by atoms with E-state index in [1.165, 1.54) is 25.3 Å². The van der Waals surface area contributed by atoms with Crippen LogP contribution in [0.4, 0.5) is 4.39 Å². The Bertz CT molecular complexity index is 627. The van der Waals surface area contributed by atoms with Crippen molar-refractivity contribution in [3.05, 3.63) is 59.4 Å². The van der Waals surface area contributed by atoms with Crippen LogP contribution in [-0.2, 0) is 13.0 Å². The minimum atomic E-state index is -0.151. The second-order valence-electron chi connectivity index (χ2n) is 6.25. The molecular weight excluding hydrogens is 289 g/mol. The van der Waals surface area contributed by atoms with Crippen molar-refractivity contribution in [3.63, 3.8) is 0 Å². The zero-order valence-electron chi connectivity index (χ0n) is 13.7. The van der Waals surface area contributed by atoms with Gasteiger partial charge in [0.15, 0.2) is 0 Å². The third kappa shape index (κ3) is 4.14. The SMILES string of the molecule is CCc1ncc(CN2CCCCC[C@H]2c2cccc(F)c2)cn1. The molecule has 1 aromatic heterocycles. The molecule has 0 unspecified atom stereocenters. The molecule has 0 spiro atoms. The number of halogens is 1. The Balaban J connectivity index is 1.80. The quantitative estimate of drug-likeness (QED) is 0.843. The highest BCUT2D eigenvalue weighted by molar-refractivity contribution is 5.21. The molecule has 0 amide bonds. The van der Waals surface area contributed by atoms with Crippen LogP contribution in [0, 0.1) is 5.82 Å². The molecule has 1 saturated heterocycles. The third-order valence-corrected chi connectivity index (χ3v) is 4.56. The normalized spacial score (nSPS) is 19.5. The third-order valence-electron chi connectivity index (χ3n) is 4.56. The van der Waals surface area contributed by atoms with E-state index in [1.54, 1.807) is 6.07 Å². The fraction of sp³-hybridized carbons (Fsp3) is 0.474. The van der Waals surface area contributed by atoms with Crippen LogP contribution in [0.1, 0.15) is 55.6 Å². The number of aromatic nitrogens is 2. The summed E-state index contributed by atoms with van der Waals surface area (Å²) < 4.78 is 13.6. The van der Waals surface area contributed by atoms with Gasteiger partial charge in [0.1, 0.15) is 11.6 Å². The van der Waals surface area contributed by atoms with Gasteiger partial charge in [-0.1, -0.05) is 31.9 Å². The summed E-state index contributed by atoms with van der Waals surface area (Å²) in [5, 5.41) is 0. The van der Waals surface area contributed by atoms with Crippen molar-refractivity contribution in [2.75, 3.05) is 6.54 Å². The fourth-order valence-electron chi connectivity index (χ4n) is 3.33. The zero-order valence-corrected chi connectivity index (χ0v) is 13.7. The van der Waals surface area contributed by atoms with E-state index in [0.717, 1.165) is 42.9 Å². The lowest BCUT2D eigenvalue weighted by Crippen LogP contribution is -2.28. The van der Waals surface area contributed by atoms with Crippen molar-refractivity contribution in [1.29, 1.82) is 0 Å². The summed E-state index contributed by atoms with van der Waals surface area (Å²) in [7, 11) is 0. The van der Waals surface area contributed by atoms with Crippen molar-refractivity contribution < 1.29 is 4.39 Å². The van der Waals surface area contributed by atoms with Gasteiger partial charge in [0.05, 0.1) is 0 Å². The van der Waals surface area contributed by atoms with Gasteiger partial charge < -0.3 is 0 Å². The Morgan fingerprint density at radius 1 is 1.17 bits per heavy atom. The largest absolute Gasteiger partial charge is 0.292 e. The Hall–Kier alpha value is -1.81. The van der Waals surface area contributed by atoms with E-state index < -0.39 is 0 Å². The predicted molar refractivity (Wildman–Crippen MR) is 89.4 cm³/mol. The molecule has 0 N–H and O–H groups in total. The van der Waals surface area contributed by atoms with Gasteiger partial charge in [0.25, 0.3) is 0 Å². The molecule has 2 heterocycles. The zero-order chi connectivity index (χ0) is 16.1. The van der Waals surface area contributed by atoms with Crippen LogP contribution >= 0.6 is 0 Å². The highest BCUT2D eigenvalue weighted by Crippen LogP contribution is 2.31. The maximum Gasteiger partial charge on any atom is 0.127 e. The molecule has 1 aliphatic heterocycles. The van der Waals surface area contributed by atoms with E-state index in [-0.39, 0.29) is 11.9 Å². The molecule has 0 bridgehead atoms. The number of aryl methyl sites for hydroxylation is 1. The molecule has 3 rings (SSSR count). The topological polar surface area (TPSA) is 29.0 Å². The smallest absolute Gasteiger partial charge is 0.127 e. The highest BCUT2D eigenvalue weighted by atomic mass is 19.1. The molecule has 1 aromatic carbocycles. The Kier molecular flexibility index (Phi) is 5.34. The summed E-state index contributed by atoms with van der Waals surface area (Å²) in [5.41, 5.74) is 2.21. The summed E-state index contributed by atoms with van der Waals surface area (Å²) in [5.74, 6) is 0.730. The average Bonchev–Trinajstić information content (AvgIpc) is 2.81. The molecule has 3 nitrogen and oxygen atoms in total. The first-order chi connectivity index (χ1) is 11.3. The molecule has 122 valence electrons. The summed E-state index contributed by atoms with van der Waals surface area (Å²) in [6, 6.07) is 7.33. The second kappa shape index (κ2) is 7.64. The van der Waals surface area contributed by atoms with Crippen LogP contribution in [0.15, 0.2) is 36.7 Å². The second-order valence-corrected chi connectivity index (χ2v) is 6.25. The highest BCUT2D eigenvalue weighted by Gasteiger charge is 2.23. The van der Waals surface area contributed by atoms with E-state index >= 15 is 0 Å². The van der Waals surface area contributed by atoms with Gasteiger partial charge in [-0.2, -0.15) is 0 Å². The van der Waals surface area contributed by atoms with E-state index in [4.69, 9.17) is 0 Å². The molecule has 0 saturated carbocycles. The van der Waals surface area contributed by atoms with Gasteiger partial charge in [0, 0.05) is 37.0 Å². The number of nitrogens with zero attached hydrogens (tertiary/aromatic N) is 3. The van der Waals surface area contributed by atoms with E-state index in [1.807, 2.05) is 24.5 Å². The molecule has 1 aliphatic rings. The lowest BCUT2D eigenvalue weighted by Gasteiger charge is -2.30. The van der Waals surface area contributed by atoms with Crippen LogP contribution in [0.25, 0.3) is 0 Å². The van der Waals surface area contributed by atoms with Crippen LogP contribution in [0.3, 0.4) is 0 Å². The first-order valence-corrected chi connectivity index (χ1v) is 8.55. The maximum absolute atomic E-state index is 13.6. The number of hydrogen-bond acceptors (Lipinski definition) is 3. The molecule has 1 atom stereocenters. The molecular formula is C19H24FN3. The summed E-state index contributed by atoms with van der Waals surface area (Å²) in [6.45, 7) is 3.92. The van der Waals surface area contributed by atoms with Crippen molar-refractivity contribution in [2.24, 2.45) is 0 Å². The van der Waals surface area contributed by atoms with Gasteiger partial charge in [0.2, 0.25) is 0 Å². The van der Waals surface area contributed by atoms with Crippen LogP contribution in [-0.4, -0.2) is 21.4 Å². The Morgan fingerprint density at radius 2 is 2.00 bits per heavy atom. The van der Waals surface area contributed by atoms with Crippen LogP contribution in [0.2, 0.25) is 0 Å². The van der Waals surface area contributed by atoms with Crippen LogP contribution in [0.5, 0.6) is 0 Å². The van der Waals surface area contributed by atoms with E-state index in [9.17, 15) is 4.39 Å². The van der Waals surface area contributed by atoms with E-state index in [0.29, 0.717) is 0 Å². The van der Waals surface area contributed by atoms with Gasteiger partial charge in [-0.25, -0.2) is 14.4 Å². The molecule has 4 heteroatoms. The van der Waals surface area contributed by atoms with Crippen molar-refractivity contribution >= 4 is 0 Å². The summed E-state index contributed by atoms with van der Waals surface area (Å²) >= 11 is 0. The number of hydrogen-bond donors (Lipinski definition) is 0. The Morgan fingerprint density at radius 3 is 2.74 bits per heavy atom. The maximum atomic E-state index is 13.6. The van der Waals surface area contributed by atoms with Crippen molar-refractivity contribution in [1.82, 2.24) is 14.9 Å². The van der Waals surface area contributed by atoms with Gasteiger partial charge >= 0.3 is 0 Å². The predicted octanol–water partition coefficient (Wildman–Crippen LogP) is 4.30. The molecule has 2 aromatic rings. The summed E-state index contributed by atoms with van der Waals surface area (Å²) in [4.78, 5) is 11.3. The average molecular weight is 313 g/mol. The number of benzene rings is 1. The van der Waals surface area contributed by atoms with Crippen molar-refractivity contribution in [3.8, 4) is 0 Å². The first kappa shape index (κ1) is 16.1. The Labute approximate surface area is 137 Å². The molecule has 0 aliphatic carbocycles. The monoisotopic (exact) mass is 313 g/mol. The first-order valence-electron chi connectivity index (χ1n) is 8.55. The lowest BCUT2D eigenvalue weighted by molar-refractivity contribution is 0.191. The van der Waals surface area contributed by atoms with E-state index in [2.05, 4.69) is 21.8 Å². The number of rotatable bonds is 4. The van der Waals surface area contributed by atoms with Crippen molar-refractivity contribution in [2.45, 2.75) is 51.6 Å². The molecule has 0 radical (unpaired) electrons. The van der Waals surface area contributed by atoms with Gasteiger partial charge in [-0.3, -0.25) is 4.90 Å². The molecule has 1 fully saturated rings. The fourth-order valence-corrected chi connectivity index (χ4v) is 3.33. The standard InChI is InChI=1S/C19H24FN3/c1-2-19-21-12-15(13-22-19)14-23-10-5-3-4-9-18(23)16-7-6-8-17(20)11-16/h6-8,11-13,18H,2-5,9-10,14H2,1H3/t18-/m0/s1. The molecule has 23 heavy (non-hydrogen) atoms. The minimum Gasteiger partial charge on any atom is -0.292 e.